The topological polar surface area (TPSA) is 106 Å². The number of halogens is 2. The third-order valence-corrected chi connectivity index (χ3v) is 5.11. The number of carboxylic acid groups (broad SMARTS) is 1. The lowest BCUT2D eigenvalue weighted by molar-refractivity contribution is -0.136. The van der Waals surface area contributed by atoms with Crippen LogP contribution < -0.4 is 11.1 Å². The molecular weight excluding hydrogens is 418 g/mol. The molecule has 0 aliphatic heterocycles. The largest absolute Gasteiger partial charge is 0.481 e. The summed E-state index contributed by atoms with van der Waals surface area (Å²) < 4.78 is 35.5. The van der Waals surface area contributed by atoms with E-state index in [0.717, 1.165) is 0 Å². The average molecular weight is 436 g/mol. The molecule has 0 radical (unpaired) electrons. The maximum Gasteiger partial charge on any atom is 0.307 e. The number of fused-ring (bicyclic) bond motifs is 1. The van der Waals surface area contributed by atoms with Gasteiger partial charge in [-0.05, 0) is 23.8 Å². The fourth-order valence-electron chi connectivity index (χ4n) is 3.57. The third-order valence-electron chi connectivity index (χ3n) is 5.11. The number of nitrogens with two attached hydrogens (primary N) is 1. The standard InChI is InChI=1S/C24H18F2N2O4/c25-21-14(12-27)5-3-6-15(21)17-11-18(22(26)16-8-9-32-23(16)17)24(31)28-19-7-2-1-4-13(19)10-20(29)30/h1-9,11H,10,12,27H2,(H,28,31)(H,29,30). The van der Waals surface area contributed by atoms with Crippen LogP contribution in [-0.4, -0.2) is 17.0 Å². The summed E-state index contributed by atoms with van der Waals surface area (Å²) in [5.74, 6) is -3.30. The molecule has 32 heavy (non-hydrogen) atoms. The van der Waals surface area contributed by atoms with E-state index in [1.807, 2.05) is 0 Å². The van der Waals surface area contributed by atoms with E-state index in [9.17, 15) is 14.0 Å². The van der Waals surface area contributed by atoms with Gasteiger partial charge in [0.15, 0.2) is 0 Å². The molecule has 0 aliphatic carbocycles. The Balaban J connectivity index is 1.82. The number of anilines is 1. The van der Waals surface area contributed by atoms with E-state index in [2.05, 4.69) is 5.32 Å². The first-order chi connectivity index (χ1) is 15.4. The minimum absolute atomic E-state index is 0.0176. The molecule has 1 amide bonds. The highest BCUT2D eigenvalue weighted by Gasteiger charge is 2.23. The number of rotatable bonds is 6. The maximum absolute atomic E-state index is 15.2. The van der Waals surface area contributed by atoms with E-state index in [1.165, 1.54) is 36.6 Å². The molecule has 0 unspecified atom stereocenters. The number of benzene rings is 3. The van der Waals surface area contributed by atoms with Crippen molar-refractivity contribution >= 4 is 28.5 Å². The van der Waals surface area contributed by atoms with Gasteiger partial charge >= 0.3 is 5.97 Å². The second kappa shape index (κ2) is 8.60. The van der Waals surface area contributed by atoms with Gasteiger partial charge in [-0.1, -0.05) is 36.4 Å². The first kappa shape index (κ1) is 21.2. The van der Waals surface area contributed by atoms with Gasteiger partial charge in [0, 0.05) is 28.9 Å². The normalized spacial score (nSPS) is 11.0. The number of furan rings is 1. The molecule has 8 heteroatoms. The Kier molecular flexibility index (Phi) is 5.70. The summed E-state index contributed by atoms with van der Waals surface area (Å²) in [5, 5.41) is 11.7. The second-order valence-electron chi connectivity index (χ2n) is 7.11. The zero-order valence-corrected chi connectivity index (χ0v) is 16.7. The van der Waals surface area contributed by atoms with Crippen LogP contribution in [0.1, 0.15) is 21.5 Å². The molecular formula is C24H18F2N2O4. The molecule has 6 nitrogen and oxygen atoms in total. The monoisotopic (exact) mass is 436 g/mol. The molecule has 4 rings (SSSR count). The first-order valence-corrected chi connectivity index (χ1v) is 9.69. The van der Waals surface area contributed by atoms with E-state index < -0.39 is 23.5 Å². The number of aliphatic carboxylic acids is 1. The number of para-hydroxylation sites is 1. The molecule has 4 N–H and O–H groups in total. The smallest absolute Gasteiger partial charge is 0.307 e. The molecule has 1 aromatic heterocycles. The van der Waals surface area contributed by atoms with Crippen LogP contribution in [0.2, 0.25) is 0 Å². The molecule has 0 saturated carbocycles. The van der Waals surface area contributed by atoms with Crippen LogP contribution in [0.4, 0.5) is 14.5 Å². The second-order valence-corrected chi connectivity index (χ2v) is 7.11. The molecule has 162 valence electrons. The lowest BCUT2D eigenvalue weighted by atomic mass is 9.97. The first-order valence-electron chi connectivity index (χ1n) is 9.69. The minimum atomic E-state index is -1.07. The highest BCUT2D eigenvalue weighted by molar-refractivity contribution is 6.09. The van der Waals surface area contributed by atoms with Crippen molar-refractivity contribution in [1.82, 2.24) is 0 Å². The number of hydrogen-bond acceptors (Lipinski definition) is 4. The van der Waals surface area contributed by atoms with Crippen LogP contribution in [-0.2, 0) is 17.8 Å². The number of hydrogen-bond donors (Lipinski definition) is 3. The van der Waals surface area contributed by atoms with E-state index in [4.69, 9.17) is 15.3 Å². The Morgan fingerprint density at radius 2 is 1.72 bits per heavy atom. The SMILES string of the molecule is NCc1cccc(-c2cc(C(=O)Nc3ccccc3CC(=O)O)c(F)c3ccoc23)c1F. The van der Waals surface area contributed by atoms with Gasteiger partial charge in [0.05, 0.1) is 23.6 Å². The summed E-state index contributed by atoms with van der Waals surface area (Å²) in [5.41, 5.74) is 6.54. The number of amides is 1. The number of carbonyl (C=O) groups excluding carboxylic acids is 1. The van der Waals surface area contributed by atoms with Gasteiger partial charge in [0.2, 0.25) is 0 Å². The predicted octanol–water partition coefficient (Wildman–Crippen LogP) is 4.72. The Labute approximate surface area is 181 Å². The molecule has 0 spiro atoms. The third kappa shape index (κ3) is 3.83. The van der Waals surface area contributed by atoms with Crippen molar-refractivity contribution in [1.29, 1.82) is 0 Å². The fraction of sp³-hybridized carbons (Fsp3) is 0.0833. The summed E-state index contributed by atoms with van der Waals surface area (Å²) in [6, 6.07) is 13.5. The average Bonchev–Trinajstić information content (AvgIpc) is 3.26. The molecule has 0 bridgehead atoms. The molecule has 3 aromatic carbocycles. The van der Waals surface area contributed by atoms with Crippen molar-refractivity contribution in [2.75, 3.05) is 5.32 Å². The van der Waals surface area contributed by atoms with Crippen molar-refractivity contribution in [2.45, 2.75) is 13.0 Å². The molecule has 0 saturated heterocycles. The van der Waals surface area contributed by atoms with Crippen molar-refractivity contribution in [3.05, 3.63) is 89.2 Å². The van der Waals surface area contributed by atoms with Crippen molar-refractivity contribution in [3.63, 3.8) is 0 Å². The van der Waals surface area contributed by atoms with E-state index in [-0.39, 0.29) is 51.9 Å². The van der Waals surface area contributed by atoms with E-state index >= 15 is 4.39 Å². The van der Waals surface area contributed by atoms with Crippen LogP contribution in [0.15, 0.2) is 65.3 Å². The molecule has 4 aromatic rings. The molecule has 0 aliphatic rings. The molecule has 1 heterocycles. The van der Waals surface area contributed by atoms with Crippen LogP contribution >= 0.6 is 0 Å². The predicted molar refractivity (Wildman–Crippen MR) is 115 cm³/mol. The van der Waals surface area contributed by atoms with Gasteiger partial charge < -0.3 is 20.6 Å². The van der Waals surface area contributed by atoms with Gasteiger partial charge in [-0.15, -0.1) is 0 Å². The van der Waals surface area contributed by atoms with Crippen LogP contribution in [0.5, 0.6) is 0 Å². The summed E-state index contributed by atoms with van der Waals surface area (Å²) in [7, 11) is 0. The summed E-state index contributed by atoms with van der Waals surface area (Å²) in [4.78, 5) is 24.1. The van der Waals surface area contributed by atoms with Crippen LogP contribution in [0.25, 0.3) is 22.1 Å². The zero-order chi connectivity index (χ0) is 22.8. The van der Waals surface area contributed by atoms with Gasteiger partial charge in [-0.3, -0.25) is 9.59 Å². The van der Waals surface area contributed by atoms with Crippen LogP contribution in [0.3, 0.4) is 0 Å². The van der Waals surface area contributed by atoms with Crippen LogP contribution in [0, 0.1) is 11.6 Å². The maximum atomic E-state index is 15.2. The Hall–Kier alpha value is -4.04. The summed E-state index contributed by atoms with van der Waals surface area (Å²) >= 11 is 0. The summed E-state index contributed by atoms with van der Waals surface area (Å²) in [6.07, 6.45) is 0.938. The highest BCUT2D eigenvalue weighted by Crippen LogP contribution is 2.36. The summed E-state index contributed by atoms with van der Waals surface area (Å²) in [6.45, 7) is -0.0319. The quantitative estimate of drug-likeness (QED) is 0.406. The highest BCUT2D eigenvalue weighted by atomic mass is 19.1. The fourth-order valence-corrected chi connectivity index (χ4v) is 3.57. The van der Waals surface area contributed by atoms with Crippen molar-refractivity contribution in [3.8, 4) is 11.1 Å². The Morgan fingerprint density at radius 3 is 2.47 bits per heavy atom. The van der Waals surface area contributed by atoms with E-state index in [1.54, 1.807) is 24.3 Å². The van der Waals surface area contributed by atoms with Crippen molar-refractivity contribution < 1.29 is 27.9 Å². The number of nitrogens with one attached hydrogen (secondary N) is 1. The lowest BCUT2D eigenvalue weighted by Gasteiger charge is -2.13. The molecule has 0 atom stereocenters. The lowest BCUT2D eigenvalue weighted by Crippen LogP contribution is -2.16. The van der Waals surface area contributed by atoms with Crippen molar-refractivity contribution in [2.24, 2.45) is 5.73 Å². The van der Waals surface area contributed by atoms with Gasteiger partial charge in [-0.2, -0.15) is 0 Å². The van der Waals surface area contributed by atoms with Gasteiger partial charge in [-0.25, -0.2) is 8.78 Å². The Bertz CT molecular complexity index is 1350. The minimum Gasteiger partial charge on any atom is -0.481 e. The zero-order valence-electron chi connectivity index (χ0n) is 16.7. The number of carboxylic acids is 1. The van der Waals surface area contributed by atoms with Gasteiger partial charge in [0.25, 0.3) is 5.91 Å². The molecule has 0 fully saturated rings. The number of carbonyl (C=O) groups is 2. The Morgan fingerprint density at radius 1 is 0.969 bits per heavy atom. The van der Waals surface area contributed by atoms with Gasteiger partial charge in [0.1, 0.15) is 17.2 Å². The van der Waals surface area contributed by atoms with E-state index in [0.29, 0.717) is 5.56 Å².